The summed E-state index contributed by atoms with van der Waals surface area (Å²) in [6.07, 6.45) is 2.33. The van der Waals surface area contributed by atoms with E-state index >= 15 is 0 Å². The molecule has 2 rings (SSSR count). The second-order valence-corrected chi connectivity index (χ2v) is 3.17. The van der Waals surface area contributed by atoms with Gasteiger partial charge in [-0.15, -0.1) is 0 Å². The van der Waals surface area contributed by atoms with Gasteiger partial charge in [-0.05, 0) is 31.5 Å². The van der Waals surface area contributed by atoms with E-state index in [4.69, 9.17) is 0 Å². The predicted molar refractivity (Wildman–Crippen MR) is 58.2 cm³/mol. The molecule has 3 nitrogen and oxygen atoms in total. The Bertz CT molecular complexity index is 469. The van der Waals surface area contributed by atoms with Crippen molar-refractivity contribution in [2.45, 2.75) is 6.42 Å². The summed E-state index contributed by atoms with van der Waals surface area (Å²) in [6.45, 7) is 3.77. The van der Waals surface area contributed by atoms with E-state index in [-0.39, 0.29) is 5.75 Å². The minimum absolute atomic E-state index is 0.219. The van der Waals surface area contributed by atoms with Gasteiger partial charge in [0.1, 0.15) is 5.75 Å². The first-order chi connectivity index (χ1) is 7.29. The van der Waals surface area contributed by atoms with Gasteiger partial charge in [0.2, 0.25) is 0 Å². The van der Waals surface area contributed by atoms with Crippen molar-refractivity contribution in [3.05, 3.63) is 49.1 Å². The van der Waals surface area contributed by atoms with E-state index in [9.17, 15) is 5.11 Å². The Balaban J connectivity index is 2.44. The number of phenolic OH excluding ortho intramolecular Hbond substituents is 1. The van der Waals surface area contributed by atoms with Crippen LogP contribution >= 0.6 is 0 Å². The average molecular weight is 199 g/mol. The van der Waals surface area contributed by atoms with Crippen molar-refractivity contribution < 1.29 is 5.11 Å². The Morgan fingerprint density at radius 1 is 1.27 bits per heavy atom. The maximum atomic E-state index is 9.33. The van der Waals surface area contributed by atoms with Crippen LogP contribution in [0, 0.1) is 6.92 Å². The van der Waals surface area contributed by atoms with Crippen molar-refractivity contribution in [3.63, 3.8) is 0 Å². The minimum Gasteiger partial charge on any atom is -0.508 e. The van der Waals surface area contributed by atoms with Crippen molar-refractivity contribution in [1.82, 2.24) is 9.97 Å². The molecule has 0 fully saturated rings. The van der Waals surface area contributed by atoms with Crippen LogP contribution in [0.4, 0.5) is 0 Å². The smallest absolute Gasteiger partial charge is 0.159 e. The van der Waals surface area contributed by atoms with E-state index in [1.54, 1.807) is 24.4 Å². The average Bonchev–Trinajstić information content (AvgIpc) is 2.29. The fourth-order valence-corrected chi connectivity index (χ4v) is 1.32. The molecule has 0 aliphatic rings. The number of hydrogen-bond donors (Lipinski definition) is 1. The summed E-state index contributed by atoms with van der Waals surface area (Å²) in [5, 5.41) is 9.33. The standard InChI is InChI=1S/C12H11N2O/c1-2-10-6-7-13-12(14-10)9-4-3-5-11(15)8-9/h3-8,15H,1-2H2. The lowest BCUT2D eigenvalue weighted by atomic mass is 10.2. The maximum Gasteiger partial charge on any atom is 0.159 e. The number of hydrogen-bond acceptors (Lipinski definition) is 3. The van der Waals surface area contributed by atoms with Crippen molar-refractivity contribution in [1.29, 1.82) is 0 Å². The van der Waals surface area contributed by atoms with Crippen molar-refractivity contribution in [3.8, 4) is 17.1 Å². The number of aromatic hydroxyl groups is 1. The lowest BCUT2D eigenvalue weighted by Gasteiger charge is -2.02. The number of phenols is 1. The zero-order chi connectivity index (χ0) is 10.7. The van der Waals surface area contributed by atoms with Crippen LogP contribution in [0.1, 0.15) is 5.69 Å². The Morgan fingerprint density at radius 2 is 2.13 bits per heavy atom. The third-order valence-corrected chi connectivity index (χ3v) is 2.07. The number of rotatable bonds is 2. The molecule has 1 heterocycles. The Labute approximate surface area is 88.5 Å². The van der Waals surface area contributed by atoms with Gasteiger partial charge in [-0.1, -0.05) is 12.1 Å². The van der Waals surface area contributed by atoms with Crippen LogP contribution < -0.4 is 0 Å². The highest BCUT2D eigenvalue weighted by molar-refractivity contribution is 5.57. The molecule has 0 amide bonds. The van der Waals surface area contributed by atoms with E-state index in [0.717, 1.165) is 11.3 Å². The molecule has 0 aliphatic heterocycles. The third-order valence-electron chi connectivity index (χ3n) is 2.07. The van der Waals surface area contributed by atoms with Gasteiger partial charge in [-0.2, -0.15) is 0 Å². The van der Waals surface area contributed by atoms with Crippen LogP contribution in [0.15, 0.2) is 36.5 Å². The van der Waals surface area contributed by atoms with Crippen LogP contribution in [0.5, 0.6) is 5.75 Å². The van der Waals surface area contributed by atoms with Crippen LogP contribution in [0.2, 0.25) is 0 Å². The molecular weight excluding hydrogens is 188 g/mol. The van der Waals surface area contributed by atoms with Crippen LogP contribution in [0.25, 0.3) is 11.4 Å². The predicted octanol–water partition coefficient (Wildman–Crippen LogP) is 2.23. The second kappa shape index (κ2) is 4.09. The van der Waals surface area contributed by atoms with E-state index in [1.807, 2.05) is 12.1 Å². The molecule has 1 aromatic heterocycles. The Kier molecular flexibility index (Phi) is 2.63. The lowest BCUT2D eigenvalue weighted by Crippen LogP contribution is -1.93. The quantitative estimate of drug-likeness (QED) is 0.806. The third kappa shape index (κ3) is 2.13. The number of nitrogens with zero attached hydrogens (tertiary/aromatic N) is 2. The molecule has 0 bridgehead atoms. The summed E-state index contributed by atoms with van der Waals surface area (Å²) < 4.78 is 0. The molecule has 1 radical (unpaired) electrons. The first kappa shape index (κ1) is 9.65. The molecule has 0 unspecified atom stereocenters. The monoisotopic (exact) mass is 199 g/mol. The molecule has 75 valence electrons. The van der Waals surface area contributed by atoms with Crippen LogP contribution in [-0.4, -0.2) is 15.1 Å². The van der Waals surface area contributed by atoms with Gasteiger partial charge < -0.3 is 5.11 Å². The first-order valence-electron chi connectivity index (χ1n) is 4.70. The molecule has 1 N–H and O–H groups in total. The van der Waals surface area contributed by atoms with Gasteiger partial charge >= 0.3 is 0 Å². The normalized spacial score (nSPS) is 10.2. The Hall–Kier alpha value is -1.90. The fourth-order valence-electron chi connectivity index (χ4n) is 1.32. The maximum absolute atomic E-state index is 9.33. The molecule has 0 atom stereocenters. The summed E-state index contributed by atoms with van der Waals surface area (Å²) in [5.41, 5.74) is 1.70. The van der Waals surface area contributed by atoms with Gasteiger partial charge in [-0.25, -0.2) is 9.97 Å². The van der Waals surface area contributed by atoms with E-state index in [0.29, 0.717) is 12.2 Å². The highest BCUT2D eigenvalue weighted by atomic mass is 16.3. The topological polar surface area (TPSA) is 46.0 Å². The van der Waals surface area contributed by atoms with Gasteiger partial charge in [-0.3, -0.25) is 0 Å². The van der Waals surface area contributed by atoms with Crippen molar-refractivity contribution in [2.75, 3.05) is 0 Å². The molecule has 1 aromatic carbocycles. The molecule has 3 heteroatoms. The summed E-state index contributed by atoms with van der Waals surface area (Å²) in [4.78, 5) is 8.47. The molecule has 0 aliphatic carbocycles. The summed E-state index contributed by atoms with van der Waals surface area (Å²) >= 11 is 0. The highest BCUT2D eigenvalue weighted by Crippen LogP contribution is 2.19. The van der Waals surface area contributed by atoms with Gasteiger partial charge in [0, 0.05) is 17.5 Å². The molecule has 0 spiro atoms. The van der Waals surface area contributed by atoms with Gasteiger partial charge in [0.05, 0.1) is 0 Å². The number of benzene rings is 1. The van der Waals surface area contributed by atoms with E-state index < -0.39 is 0 Å². The molecule has 2 aromatic rings. The lowest BCUT2D eigenvalue weighted by molar-refractivity contribution is 0.475. The number of aromatic nitrogens is 2. The molecule has 15 heavy (non-hydrogen) atoms. The largest absolute Gasteiger partial charge is 0.508 e. The summed E-state index contributed by atoms with van der Waals surface area (Å²) in [6, 6.07) is 8.73. The van der Waals surface area contributed by atoms with E-state index in [1.165, 1.54) is 0 Å². The Morgan fingerprint density at radius 3 is 2.87 bits per heavy atom. The SMILES string of the molecule is [CH2]Cc1ccnc(-c2cccc(O)c2)n1. The fraction of sp³-hybridized carbons (Fsp3) is 0.0833. The second-order valence-electron chi connectivity index (χ2n) is 3.17. The van der Waals surface area contributed by atoms with Crippen molar-refractivity contribution in [2.24, 2.45) is 0 Å². The van der Waals surface area contributed by atoms with Gasteiger partial charge in [0.25, 0.3) is 0 Å². The molecular formula is C12H11N2O. The molecule has 0 saturated heterocycles. The minimum atomic E-state index is 0.219. The summed E-state index contributed by atoms with van der Waals surface area (Å²) in [7, 11) is 0. The van der Waals surface area contributed by atoms with Crippen molar-refractivity contribution >= 4 is 0 Å². The zero-order valence-corrected chi connectivity index (χ0v) is 8.22. The van der Waals surface area contributed by atoms with E-state index in [2.05, 4.69) is 16.9 Å². The zero-order valence-electron chi connectivity index (χ0n) is 8.22. The van der Waals surface area contributed by atoms with Gasteiger partial charge in [0.15, 0.2) is 5.82 Å². The summed E-state index contributed by atoms with van der Waals surface area (Å²) in [5.74, 6) is 0.836. The highest BCUT2D eigenvalue weighted by Gasteiger charge is 2.02. The van der Waals surface area contributed by atoms with Crippen LogP contribution in [-0.2, 0) is 6.42 Å². The van der Waals surface area contributed by atoms with Crippen LogP contribution in [0.3, 0.4) is 0 Å². The molecule has 0 saturated carbocycles. The first-order valence-corrected chi connectivity index (χ1v) is 4.70.